The van der Waals surface area contributed by atoms with Crippen molar-refractivity contribution in [2.75, 3.05) is 13.7 Å². The molecule has 1 unspecified atom stereocenters. The summed E-state index contributed by atoms with van der Waals surface area (Å²) in [5.74, 6) is -0.647. The first kappa shape index (κ1) is 14.1. The van der Waals surface area contributed by atoms with Crippen LogP contribution in [-0.4, -0.2) is 32.0 Å². The van der Waals surface area contributed by atoms with E-state index in [9.17, 15) is 14.0 Å². The molecule has 0 saturated carbocycles. The van der Waals surface area contributed by atoms with Gasteiger partial charge in [-0.2, -0.15) is 0 Å². The fourth-order valence-corrected chi connectivity index (χ4v) is 1.33. The van der Waals surface area contributed by atoms with Crippen LogP contribution < -0.4 is 10.6 Å². The van der Waals surface area contributed by atoms with Crippen molar-refractivity contribution in [3.63, 3.8) is 0 Å². The molecule has 0 bridgehead atoms. The summed E-state index contributed by atoms with van der Waals surface area (Å²) >= 11 is 0. The largest absolute Gasteiger partial charge is 0.374 e. The van der Waals surface area contributed by atoms with Crippen LogP contribution in [0.25, 0.3) is 0 Å². The van der Waals surface area contributed by atoms with Crippen molar-refractivity contribution < 1.29 is 18.7 Å². The van der Waals surface area contributed by atoms with Gasteiger partial charge in [0.1, 0.15) is 11.9 Å². The molecule has 0 aliphatic carbocycles. The van der Waals surface area contributed by atoms with Gasteiger partial charge in [0.15, 0.2) is 0 Å². The van der Waals surface area contributed by atoms with Gasteiger partial charge < -0.3 is 15.4 Å². The second-order valence-corrected chi connectivity index (χ2v) is 3.59. The fraction of sp³-hybridized carbons (Fsp3) is 0.333. The molecule has 0 heterocycles. The van der Waals surface area contributed by atoms with Crippen molar-refractivity contribution in [2.24, 2.45) is 0 Å². The van der Waals surface area contributed by atoms with Crippen LogP contribution in [0, 0.1) is 5.82 Å². The van der Waals surface area contributed by atoms with Gasteiger partial charge in [-0.15, -0.1) is 0 Å². The Morgan fingerprint density at radius 2 is 2.11 bits per heavy atom. The molecule has 0 radical (unpaired) electrons. The lowest BCUT2D eigenvalue weighted by atomic mass is 10.2. The van der Waals surface area contributed by atoms with Gasteiger partial charge in [0.25, 0.3) is 0 Å². The van der Waals surface area contributed by atoms with E-state index in [0.29, 0.717) is 6.41 Å². The Kier molecular flexibility index (Phi) is 5.79. The van der Waals surface area contributed by atoms with Crippen molar-refractivity contribution in [1.82, 2.24) is 10.6 Å². The number of hydrogen-bond acceptors (Lipinski definition) is 3. The maximum Gasteiger partial charge on any atom is 0.244 e. The number of hydrogen-bond donors (Lipinski definition) is 2. The molecule has 1 rings (SSSR count). The quantitative estimate of drug-likeness (QED) is 0.683. The molecule has 1 aromatic carbocycles. The Hall–Kier alpha value is -1.95. The highest BCUT2D eigenvalue weighted by Crippen LogP contribution is 2.04. The Bertz CT molecular complexity index is 395. The number of amides is 2. The number of benzene rings is 1. The summed E-state index contributed by atoms with van der Waals surface area (Å²) in [6.07, 6.45) is 0.446. The minimum Gasteiger partial charge on any atom is -0.374 e. The van der Waals surface area contributed by atoms with E-state index in [2.05, 4.69) is 10.6 Å². The average molecular weight is 254 g/mol. The third-order valence-electron chi connectivity index (χ3n) is 2.30. The van der Waals surface area contributed by atoms with Crippen molar-refractivity contribution in [2.45, 2.75) is 12.6 Å². The van der Waals surface area contributed by atoms with Gasteiger partial charge in [-0.1, -0.05) is 12.1 Å². The minimum atomic E-state index is -0.729. The number of likely N-dealkylation sites (N-methyl/N-ethyl adjacent to an activating group) is 1. The minimum absolute atomic E-state index is 0.0514. The van der Waals surface area contributed by atoms with Gasteiger partial charge in [-0.3, -0.25) is 9.59 Å². The van der Waals surface area contributed by atoms with Crippen LogP contribution in [0.1, 0.15) is 5.56 Å². The maximum atomic E-state index is 12.6. The zero-order chi connectivity index (χ0) is 13.4. The van der Waals surface area contributed by atoms with Gasteiger partial charge in [-0.05, 0) is 17.7 Å². The standard InChI is InChI=1S/C12H15FN2O3/c1-14-12(17)11(15-8-16)7-18-6-9-2-4-10(13)5-3-9/h2-5,8,11H,6-7H2,1H3,(H,14,17)(H,15,16). The van der Waals surface area contributed by atoms with Crippen LogP contribution in [0.3, 0.4) is 0 Å². The van der Waals surface area contributed by atoms with Gasteiger partial charge in [0.05, 0.1) is 13.2 Å². The highest BCUT2D eigenvalue weighted by molar-refractivity contribution is 5.83. The number of carbonyl (C=O) groups excluding carboxylic acids is 2. The predicted octanol–water partition coefficient (Wildman–Crippen LogP) is 0.203. The molecule has 0 aliphatic rings. The second-order valence-electron chi connectivity index (χ2n) is 3.59. The van der Waals surface area contributed by atoms with Gasteiger partial charge >= 0.3 is 0 Å². The van der Waals surface area contributed by atoms with Crippen LogP contribution in [-0.2, 0) is 20.9 Å². The molecule has 0 saturated heterocycles. The van der Waals surface area contributed by atoms with Crippen molar-refractivity contribution >= 4 is 12.3 Å². The lowest BCUT2D eigenvalue weighted by molar-refractivity contribution is -0.126. The summed E-state index contributed by atoms with van der Waals surface area (Å²) in [5.41, 5.74) is 0.790. The molecule has 5 nitrogen and oxygen atoms in total. The van der Waals surface area contributed by atoms with Crippen LogP contribution in [0.5, 0.6) is 0 Å². The molecule has 1 aromatic rings. The van der Waals surface area contributed by atoms with Crippen LogP contribution in [0.2, 0.25) is 0 Å². The lowest BCUT2D eigenvalue weighted by Gasteiger charge is -2.14. The summed E-state index contributed by atoms with van der Waals surface area (Å²) in [4.78, 5) is 21.6. The highest BCUT2D eigenvalue weighted by atomic mass is 19.1. The molecule has 6 heteroatoms. The first-order valence-electron chi connectivity index (χ1n) is 5.41. The number of carbonyl (C=O) groups is 2. The highest BCUT2D eigenvalue weighted by Gasteiger charge is 2.15. The van der Waals surface area contributed by atoms with E-state index >= 15 is 0 Å². The lowest BCUT2D eigenvalue weighted by Crippen LogP contribution is -2.45. The summed E-state index contributed by atoms with van der Waals surface area (Å²) in [7, 11) is 1.47. The smallest absolute Gasteiger partial charge is 0.244 e. The van der Waals surface area contributed by atoms with Gasteiger partial charge in [0.2, 0.25) is 12.3 Å². The molecular weight excluding hydrogens is 239 g/mol. The number of nitrogens with one attached hydrogen (secondary N) is 2. The second kappa shape index (κ2) is 7.39. The predicted molar refractivity (Wildman–Crippen MR) is 63.1 cm³/mol. The molecule has 0 aromatic heterocycles. The molecule has 0 aliphatic heterocycles. The number of ether oxygens (including phenoxy) is 1. The topological polar surface area (TPSA) is 67.4 Å². The Morgan fingerprint density at radius 3 is 2.67 bits per heavy atom. The van der Waals surface area contributed by atoms with Crippen LogP contribution in [0.4, 0.5) is 4.39 Å². The molecule has 18 heavy (non-hydrogen) atoms. The van der Waals surface area contributed by atoms with E-state index in [1.54, 1.807) is 12.1 Å². The summed E-state index contributed by atoms with van der Waals surface area (Å²) < 4.78 is 17.9. The molecular formula is C12H15FN2O3. The van der Waals surface area contributed by atoms with Crippen molar-refractivity contribution in [1.29, 1.82) is 0 Å². The summed E-state index contributed by atoms with van der Waals surface area (Å²) in [6.45, 7) is 0.296. The SMILES string of the molecule is CNC(=O)C(COCc1ccc(F)cc1)NC=O. The van der Waals surface area contributed by atoms with E-state index in [4.69, 9.17) is 4.74 Å². The van der Waals surface area contributed by atoms with E-state index in [-0.39, 0.29) is 24.9 Å². The first-order chi connectivity index (χ1) is 8.67. The fourth-order valence-electron chi connectivity index (χ4n) is 1.33. The molecule has 1 atom stereocenters. The Balaban J connectivity index is 2.40. The molecule has 0 spiro atoms. The summed E-state index contributed by atoms with van der Waals surface area (Å²) in [6, 6.07) is 5.12. The number of rotatable bonds is 7. The zero-order valence-corrected chi connectivity index (χ0v) is 9.98. The van der Waals surface area contributed by atoms with E-state index in [1.165, 1.54) is 19.2 Å². The Labute approximate surface area is 104 Å². The average Bonchev–Trinajstić information content (AvgIpc) is 2.39. The molecule has 2 amide bonds. The molecule has 2 N–H and O–H groups in total. The van der Waals surface area contributed by atoms with Crippen molar-refractivity contribution in [3.05, 3.63) is 35.6 Å². The van der Waals surface area contributed by atoms with Gasteiger partial charge in [-0.25, -0.2) is 4.39 Å². The third kappa shape index (κ3) is 4.50. The third-order valence-corrected chi connectivity index (χ3v) is 2.30. The zero-order valence-electron chi connectivity index (χ0n) is 9.98. The maximum absolute atomic E-state index is 12.6. The summed E-state index contributed by atoms with van der Waals surface area (Å²) in [5, 5.41) is 4.77. The molecule has 0 fully saturated rings. The van der Waals surface area contributed by atoms with Gasteiger partial charge in [0, 0.05) is 7.05 Å². The van der Waals surface area contributed by atoms with E-state index < -0.39 is 6.04 Å². The number of halogens is 1. The van der Waals surface area contributed by atoms with Crippen LogP contribution >= 0.6 is 0 Å². The van der Waals surface area contributed by atoms with E-state index in [1.807, 2.05) is 0 Å². The first-order valence-corrected chi connectivity index (χ1v) is 5.41. The Morgan fingerprint density at radius 1 is 1.44 bits per heavy atom. The van der Waals surface area contributed by atoms with E-state index in [0.717, 1.165) is 5.56 Å². The van der Waals surface area contributed by atoms with Crippen molar-refractivity contribution in [3.8, 4) is 0 Å². The molecule has 98 valence electrons. The van der Waals surface area contributed by atoms with Crippen LogP contribution in [0.15, 0.2) is 24.3 Å². The monoisotopic (exact) mass is 254 g/mol. The normalized spacial score (nSPS) is 11.7.